The van der Waals surface area contributed by atoms with Crippen LogP contribution in [0.25, 0.3) is 0 Å². The third-order valence-corrected chi connectivity index (χ3v) is 4.70. The van der Waals surface area contributed by atoms with E-state index in [2.05, 4.69) is 4.98 Å². The van der Waals surface area contributed by atoms with E-state index < -0.39 is 0 Å². The molecule has 1 aromatic carbocycles. The van der Waals surface area contributed by atoms with Gasteiger partial charge in [0.25, 0.3) is 5.91 Å². The van der Waals surface area contributed by atoms with Gasteiger partial charge in [0.15, 0.2) is 0 Å². The molecule has 132 valence electrons. The highest BCUT2D eigenvalue weighted by Gasteiger charge is 2.26. The Morgan fingerprint density at radius 1 is 1.40 bits per heavy atom. The normalized spacial score (nSPS) is 18.6. The summed E-state index contributed by atoms with van der Waals surface area (Å²) in [6.45, 7) is 3.98. The fourth-order valence-corrected chi connectivity index (χ4v) is 3.18. The zero-order chi connectivity index (χ0) is 17.6. The van der Waals surface area contributed by atoms with Crippen molar-refractivity contribution >= 4 is 5.91 Å². The Balaban J connectivity index is 1.65. The molecule has 1 aliphatic heterocycles. The highest BCUT2D eigenvalue weighted by atomic mass is 16.5. The second-order valence-electron chi connectivity index (χ2n) is 6.69. The zero-order valence-corrected chi connectivity index (χ0v) is 14.6. The smallest absolute Gasteiger partial charge is 0.253 e. The van der Waals surface area contributed by atoms with Crippen LogP contribution in [0, 0.1) is 5.92 Å². The largest absolute Gasteiger partial charge is 0.489 e. The summed E-state index contributed by atoms with van der Waals surface area (Å²) in [6.07, 6.45) is 5.61. The van der Waals surface area contributed by atoms with Crippen molar-refractivity contribution in [1.82, 2.24) is 9.88 Å². The van der Waals surface area contributed by atoms with Crippen LogP contribution in [-0.4, -0.2) is 34.9 Å². The Kier molecular flexibility index (Phi) is 5.66. The topological polar surface area (TPSA) is 68.5 Å². The number of pyridine rings is 1. The summed E-state index contributed by atoms with van der Waals surface area (Å²) >= 11 is 0. The number of ether oxygens (including phenoxy) is 1. The molecule has 5 nitrogen and oxygen atoms in total. The molecule has 1 aliphatic rings. The first-order valence-corrected chi connectivity index (χ1v) is 8.80. The molecular formula is C20H25N3O2. The summed E-state index contributed by atoms with van der Waals surface area (Å²) in [5.41, 5.74) is 7.68. The van der Waals surface area contributed by atoms with Crippen LogP contribution in [0.4, 0.5) is 0 Å². The minimum absolute atomic E-state index is 0.0529. The van der Waals surface area contributed by atoms with Crippen LogP contribution in [0.3, 0.4) is 0 Å². The Morgan fingerprint density at radius 3 is 3.04 bits per heavy atom. The maximum Gasteiger partial charge on any atom is 0.253 e. The Hall–Kier alpha value is -2.40. The second-order valence-corrected chi connectivity index (χ2v) is 6.69. The molecule has 2 aromatic rings. The van der Waals surface area contributed by atoms with Gasteiger partial charge in [0.1, 0.15) is 12.4 Å². The Labute approximate surface area is 148 Å². The van der Waals surface area contributed by atoms with Crippen LogP contribution in [0.15, 0.2) is 48.8 Å². The molecule has 5 heteroatoms. The first-order chi connectivity index (χ1) is 12.1. The number of carbonyl (C=O) groups excluding carboxylic acids is 1. The quantitative estimate of drug-likeness (QED) is 0.909. The van der Waals surface area contributed by atoms with Crippen LogP contribution in [0.1, 0.15) is 35.7 Å². The van der Waals surface area contributed by atoms with E-state index in [-0.39, 0.29) is 11.9 Å². The van der Waals surface area contributed by atoms with Crippen molar-refractivity contribution in [3.05, 3.63) is 59.9 Å². The van der Waals surface area contributed by atoms with Gasteiger partial charge in [-0.05, 0) is 49.9 Å². The summed E-state index contributed by atoms with van der Waals surface area (Å²) in [4.78, 5) is 18.8. The van der Waals surface area contributed by atoms with E-state index in [9.17, 15) is 4.79 Å². The molecule has 25 heavy (non-hydrogen) atoms. The lowest BCUT2D eigenvalue weighted by molar-refractivity contribution is 0.0660. The Morgan fingerprint density at radius 2 is 2.28 bits per heavy atom. The number of nitrogens with two attached hydrogens (primary N) is 1. The third-order valence-electron chi connectivity index (χ3n) is 4.70. The van der Waals surface area contributed by atoms with Crippen LogP contribution in [-0.2, 0) is 6.61 Å². The molecule has 1 aromatic heterocycles. The molecule has 0 spiro atoms. The number of carbonyl (C=O) groups is 1. The molecule has 2 atom stereocenters. The summed E-state index contributed by atoms with van der Waals surface area (Å²) in [7, 11) is 0. The number of amides is 1. The molecule has 1 amide bonds. The van der Waals surface area contributed by atoms with Crippen molar-refractivity contribution in [2.24, 2.45) is 11.7 Å². The third kappa shape index (κ3) is 4.57. The van der Waals surface area contributed by atoms with Crippen molar-refractivity contribution < 1.29 is 9.53 Å². The van der Waals surface area contributed by atoms with Crippen molar-refractivity contribution in [2.45, 2.75) is 32.4 Å². The highest BCUT2D eigenvalue weighted by molar-refractivity contribution is 5.94. The maximum absolute atomic E-state index is 12.8. The number of piperidine rings is 1. The number of hydrogen-bond acceptors (Lipinski definition) is 4. The van der Waals surface area contributed by atoms with E-state index in [4.69, 9.17) is 10.5 Å². The lowest BCUT2D eigenvalue weighted by atomic mass is 9.92. The molecule has 0 radical (unpaired) electrons. The molecule has 2 heterocycles. The fourth-order valence-electron chi connectivity index (χ4n) is 3.18. The minimum atomic E-state index is 0.0529. The summed E-state index contributed by atoms with van der Waals surface area (Å²) in [6, 6.07) is 11.3. The van der Waals surface area contributed by atoms with E-state index in [1.54, 1.807) is 12.4 Å². The van der Waals surface area contributed by atoms with Crippen LogP contribution in [0.2, 0.25) is 0 Å². The van der Waals surface area contributed by atoms with Crippen molar-refractivity contribution in [2.75, 3.05) is 13.1 Å². The van der Waals surface area contributed by atoms with E-state index >= 15 is 0 Å². The fraction of sp³-hybridized carbons (Fsp3) is 0.400. The van der Waals surface area contributed by atoms with E-state index in [0.717, 1.165) is 31.5 Å². The number of likely N-dealkylation sites (tertiary alicyclic amines) is 1. The van der Waals surface area contributed by atoms with Crippen LogP contribution < -0.4 is 10.5 Å². The molecule has 2 unspecified atom stereocenters. The number of hydrogen-bond donors (Lipinski definition) is 1. The zero-order valence-electron chi connectivity index (χ0n) is 14.6. The molecule has 1 fully saturated rings. The molecule has 0 aliphatic carbocycles. The molecular weight excluding hydrogens is 314 g/mol. The summed E-state index contributed by atoms with van der Waals surface area (Å²) in [5.74, 6) is 1.12. The standard InChI is InChI=1S/C20H25N3O2/c1-15(21)18-7-4-10-23(13-18)20(24)17-6-2-8-19(11-17)25-14-16-5-3-9-22-12-16/h2-3,5-6,8-9,11-12,15,18H,4,7,10,13-14,21H2,1H3. The van der Waals surface area contributed by atoms with Crippen molar-refractivity contribution in [1.29, 1.82) is 0 Å². The molecule has 1 saturated heterocycles. The van der Waals surface area contributed by atoms with Gasteiger partial charge in [-0.3, -0.25) is 9.78 Å². The second kappa shape index (κ2) is 8.12. The van der Waals surface area contributed by atoms with Crippen LogP contribution in [0.5, 0.6) is 5.75 Å². The van der Waals surface area contributed by atoms with Gasteiger partial charge in [-0.15, -0.1) is 0 Å². The molecule has 2 N–H and O–H groups in total. The first kappa shape index (κ1) is 17.4. The molecule has 0 bridgehead atoms. The SMILES string of the molecule is CC(N)C1CCCN(C(=O)c2cccc(OCc3cccnc3)c2)C1. The number of benzene rings is 1. The molecule has 3 rings (SSSR count). The van der Waals surface area contributed by atoms with Crippen molar-refractivity contribution in [3.8, 4) is 5.75 Å². The van der Waals surface area contributed by atoms with Gasteiger partial charge in [0, 0.05) is 42.7 Å². The summed E-state index contributed by atoms with van der Waals surface area (Å²) in [5, 5.41) is 0. The van der Waals surface area contributed by atoms with Gasteiger partial charge in [0.2, 0.25) is 0 Å². The monoisotopic (exact) mass is 339 g/mol. The van der Waals surface area contributed by atoms with Gasteiger partial charge in [0.05, 0.1) is 0 Å². The summed E-state index contributed by atoms with van der Waals surface area (Å²) < 4.78 is 5.80. The van der Waals surface area contributed by atoms with Crippen molar-refractivity contribution in [3.63, 3.8) is 0 Å². The first-order valence-electron chi connectivity index (χ1n) is 8.80. The van der Waals surface area contributed by atoms with E-state index in [1.807, 2.05) is 48.2 Å². The van der Waals surface area contributed by atoms with Gasteiger partial charge in [-0.1, -0.05) is 12.1 Å². The number of aromatic nitrogens is 1. The molecule has 0 saturated carbocycles. The highest BCUT2D eigenvalue weighted by Crippen LogP contribution is 2.22. The Bertz CT molecular complexity index is 703. The van der Waals surface area contributed by atoms with Crippen LogP contribution >= 0.6 is 0 Å². The van der Waals surface area contributed by atoms with Gasteiger partial charge < -0.3 is 15.4 Å². The number of rotatable bonds is 5. The number of nitrogens with zero attached hydrogens (tertiary/aromatic N) is 2. The predicted octanol–water partition coefficient (Wildman–Crippen LogP) is 2.86. The minimum Gasteiger partial charge on any atom is -0.489 e. The average molecular weight is 339 g/mol. The average Bonchev–Trinajstić information content (AvgIpc) is 2.67. The van der Waals surface area contributed by atoms with Gasteiger partial charge in [-0.2, -0.15) is 0 Å². The maximum atomic E-state index is 12.8. The lowest BCUT2D eigenvalue weighted by Gasteiger charge is -2.34. The van der Waals surface area contributed by atoms with E-state index in [0.29, 0.717) is 23.8 Å². The van der Waals surface area contributed by atoms with E-state index in [1.165, 1.54) is 0 Å². The predicted molar refractivity (Wildman–Crippen MR) is 97.3 cm³/mol. The van der Waals surface area contributed by atoms with Gasteiger partial charge >= 0.3 is 0 Å². The lowest BCUT2D eigenvalue weighted by Crippen LogP contribution is -2.45. The van der Waals surface area contributed by atoms with Gasteiger partial charge in [-0.25, -0.2) is 0 Å².